The van der Waals surface area contributed by atoms with E-state index in [0.717, 1.165) is 31.2 Å². The van der Waals surface area contributed by atoms with Gasteiger partial charge in [0.1, 0.15) is 11.9 Å². The van der Waals surface area contributed by atoms with E-state index in [1.54, 1.807) is 6.92 Å². The van der Waals surface area contributed by atoms with Gasteiger partial charge in [-0.1, -0.05) is 12.1 Å². The third kappa shape index (κ3) is 3.42. The van der Waals surface area contributed by atoms with Crippen LogP contribution >= 0.6 is 0 Å². The summed E-state index contributed by atoms with van der Waals surface area (Å²) in [4.78, 5) is 38.3. The molecule has 3 aliphatic rings. The average Bonchev–Trinajstić information content (AvgIpc) is 2.79. The summed E-state index contributed by atoms with van der Waals surface area (Å²) >= 11 is 0. The molecule has 4 rings (SSSR count). The number of piperidine rings is 1. The first-order chi connectivity index (χ1) is 12.9. The van der Waals surface area contributed by atoms with Crippen molar-refractivity contribution in [2.75, 3.05) is 0 Å². The van der Waals surface area contributed by atoms with Crippen molar-refractivity contribution in [1.82, 2.24) is 15.5 Å². The number of hydrogen-bond acceptors (Lipinski definition) is 3. The highest BCUT2D eigenvalue weighted by molar-refractivity contribution is 5.98. The van der Waals surface area contributed by atoms with Gasteiger partial charge < -0.3 is 10.2 Å². The van der Waals surface area contributed by atoms with Gasteiger partial charge in [0, 0.05) is 18.5 Å². The molecule has 0 radical (unpaired) electrons. The van der Waals surface area contributed by atoms with E-state index in [4.69, 9.17) is 0 Å². The molecule has 1 unspecified atom stereocenters. The van der Waals surface area contributed by atoms with E-state index in [0.29, 0.717) is 17.9 Å². The van der Waals surface area contributed by atoms with Crippen LogP contribution in [-0.2, 0) is 9.59 Å². The Kier molecular flexibility index (Phi) is 4.61. The van der Waals surface area contributed by atoms with Crippen LogP contribution in [0.3, 0.4) is 0 Å². The topological polar surface area (TPSA) is 78.5 Å². The molecule has 27 heavy (non-hydrogen) atoms. The molecule has 0 spiro atoms. The summed E-state index contributed by atoms with van der Waals surface area (Å²) in [7, 11) is 0. The number of carbonyl (C=O) groups is 3. The quantitative estimate of drug-likeness (QED) is 0.835. The fourth-order valence-corrected chi connectivity index (χ4v) is 4.83. The van der Waals surface area contributed by atoms with Gasteiger partial charge in [-0.15, -0.1) is 0 Å². The first-order valence-corrected chi connectivity index (χ1v) is 9.61. The fourth-order valence-electron chi connectivity index (χ4n) is 4.83. The summed E-state index contributed by atoms with van der Waals surface area (Å²) in [5, 5.41) is 4.84. The van der Waals surface area contributed by atoms with Crippen molar-refractivity contribution in [2.45, 2.75) is 69.5 Å². The van der Waals surface area contributed by atoms with Crippen LogP contribution in [-0.4, -0.2) is 40.9 Å². The lowest BCUT2D eigenvalue weighted by Gasteiger charge is -2.40. The predicted octanol–water partition coefficient (Wildman–Crippen LogP) is 2.36. The third-order valence-electron chi connectivity index (χ3n) is 6.16. The van der Waals surface area contributed by atoms with Gasteiger partial charge in [-0.2, -0.15) is 0 Å². The number of benzene rings is 1. The predicted molar refractivity (Wildman–Crippen MR) is 96.5 cm³/mol. The molecule has 144 valence electrons. The zero-order valence-electron chi connectivity index (χ0n) is 15.3. The minimum atomic E-state index is -0.649. The molecule has 3 aliphatic heterocycles. The molecule has 7 heteroatoms. The number of aryl methyl sites for hydroxylation is 1. The van der Waals surface area contributed by atoms with Gasteiger partial charge in [0.25, 0.3) is 0 Å². The number of hydrogen-bond donors (Lipinski definition) is 2. The molecule has 2 bridgehead atoms. The largest absolute Gasteiger partial charge is 0.335 e. The van der Waals surface area contributed by atoms with Crippen molar-refractivity contribution in [3.05, 3.63) is 35.1 Å². The first-order valence-electron chi connectivity index (χ1n) is 9.61. The molecule has 6 nitrogen and oxygen atoms in total. The van der Waals surface area contributed by atoms with E-state index >= 15 is 0 Å². The number of rotatable bonds is 2. The summed E-state index contributed by atoms with van der Waals surface area (Å²) in [6.07, 6.45) is 4.09. The van der Waals surface area contributed by atoms with Gasteiger partial charge in [0.2, 0.25) is 11.8 Å². The smallest absolute Gasteiger partial charge is 0.322 e. The van der Waals surface area contributed by atoms with Crippen molar-refractivity contribution in [3.8, 4) is 0 Å². The average molecular weight is 373 g/mol. The van der Waals surface area contributed by atoms with Crippen LogP contribution in [0.25, 0.3) is 0 Å². The molecule has 2 N–H and O–H groups in total. The van der Waals surface area contributed by atoms with Gasteiger partial charge >= 0.3 is 6.03 Å². The van der Waals surface area contributed by atoms with Crippen LogP contribution in [0.2, 0.25) is 0 Å². The Morgan fingerprint density at radius 2 is 1.85 bits per heavy atom. The van der Waals surface area contributed by atoms with Gasteiger partial charge in [-0.05, 0) is 62.1 Å². The maximum Gasteiger partial charge on any atom is 0.322 e. The Balaban J connectivity index is 1.49. The molecule has 4 atom stereocenters. The summed E-state index contributed by atoms with van der Waals surface area (Å²) in [5.74, 6) is -0.309. The van der Waals surface area contributed by atoms with Crippen molar-refractivity contribution in [3.63, 3.8) is 0 Å². The standard InChI is InChI=1S/C20H24FN3O3/c1-11-8-12(2-5-16(11)21)13-9-14-3-4-15(10-13)24(14)19(26)17-6-7-18(25)23-20(27)22-17/h2,5,8,13-15,17H,3-4,6-7,9-10H2,1H3,(H2,22,23,25,27)/t13?,14-,15+,17-/m1/s1. The molecule has 3 fully saturated rings. The zero-order valence-corrected chi connectivity index (χ0v) is 15.3. The number of carbonyl (C=O) groups excluding carboxylic acids is 3. The SMILES string of the molecule is Cc1cc(C2C[C@H]3CC[C@@H](C2)N3C(=O)[C@H]2CCC(=O)NC(=O)N2)ccc1F. The van der Waals surface area contributed by atoms with E-state index in [1.165, 1.54) is 6.07 Å². The molecule has 3 saturated heterocycles. The molecule has 0 aliphatic carbocycles. The van der Waals surface area contributed by atoms with E-state index in [9.17, 15) is 18.8 Å². The third-order valence-corrected chi connectivity index (χ3v) is 6.16. The molecule has 1 aromatic rings. The minimum Gasteiger partial charge on any atom is -0.335 e. The Hall–Kier alpha value is -2.44. The van der Waals surface area contributed by atoms with Crippen molar-refractivity contribution in [1.29, 1.82) is 0 Å². The summed E-state index contributed by atoms with van der Waals surface area (Å²) < 4.78 is 13.6. The van der Waals surface area contributed by atoms with Crippen molar-refractivity contribution < 1.29 is 18.8 Å². The lowest BCUT2D eigenvalue weighted by molar-refractivity contribution is -0.138. The lowest BCUT2D eigenvalue weighted by Crippen LogP contribution is -2.55. The Morgan fingerprint density at radius 1 is 1.15 bits per heavy atom. The fraction of sp³-hybridized carbons (Fsp3) is 0.550. The molecular weight excluding hydrogens is 349 g/mol. The van der Waals surface area contributed by atoms with Crippen molar-refractivity contribution in [2.24, 2.45) is 0 Å². The van der Waals surface area contributed by atoms with Crippen LogP contribution in [0.15, 0.2) is 18.2 Å². The Bertz CT molecular complexity index is 783. The maximum absolute atomic E-state index is 13.6. The number of urea groups is 1. The highest BCUT2D eigenvalue weighted by Gasteiger charge is 2.45. The second-order valence-electron chi connectivity index (χ2n) is 7.92. The zero-order chi connectivity index (χ0) is 19.1. The van der Waals surface area contributed by atoms with E-state index < -0.39 is 12.1 Å². The van der Waals surface area contributed by atoms with Crippen LogP contribution in [0.1, 0.15) is 55.6 Å². The molecule has 4 amide bonds. The Labute approximate surface area is 157 Å². The number of imide groups is 1. The molecular formula is C20H24FN3O3. The molecule has 0 aromatic heterocycles. The number of nitrogens with one attached hydrogen (secondary N) is 2. The van der Waals surface area contributed by atoms with Gasteiger partial charge in [0.05, 0.1) is 0 Å². The van der Waals surface area contributed by atoms with Gasteiger partial charge in [0.15, 0.2) is 0 Å². The summed E-state index contributed by atoms with van der Waals surface area (Å²) in [6, 6.07) is 4.32. The highest BCUT2D eigenvalue weighted by Crippen LogP contribution is 2.43. The summed E-state index contributed by atoms with van der Waals surface area (Å²) in [6.45, 7) is 1.77. The van der Waals surface area contributed by atoms with Crippen LogP contribution < -0.4 is 10.6 Å². The second kappa shape index (κ2) is 6.94. The second-order valence-corrected chi connectivity index (χ2v) is 7.92. The molecule has 0 saturated carbocycles. The monoisotopic (exact) mass is 373 g/mol. The van der Waals surface area contributed by atoms with E-state index in [2.05, 4.69) is 10.6 Å². The minimum absolute atomic E-state index is 0.0823. The summed E-state index contributed by atoms with van der Waals surface area (Å²) in [5.41, 5.74) is 1.78. The number of amides is 4. The lowest BCUT2D eigenvalue weighted by atomic mass is 9.84. The van der Waals surface area contributed by atoms with E-state index in [-0.39, 0.29) is 36.1 Å². The van der Waals surface area contributed by atoms with Gasteiger partial charge in [-0.25, -0.2) is 9.18 Å². The first kappa shape index (κ1) is 17.9. The van der Waals surface area contributed by atoms with Crippen molar-refractivity contribution >= 4 is 17.8 Å². The normalized spacial score (nSPS) is 30.5. The number of fused-ring (bicyclic) bond motifs is 2. The van der Waals surface area contributed by atoms with Crippen LogP contribution in [0, 0.1) is 12.7 Å². The van der Waals surface area contributed by atoms with Gasteiger partial charge in [-0.3, -0.25) is 14.9 Å². The van der Waals surface area contributed by atoms with Crippen LogP contribution in [0.5, 0.6) is 0 Å². The van der Waals surface area contributed by atoms with Crippen LogP contribution in [0.4, 0.5) is 9.18 Å². The Morgan fingerprint density at radius 3 is 2.52 bits per heavy atom. The maximum atomic E-state index is 13.6. The number of nitrogens with zero attached hydrogens (tertiary/aromatic N) is 1. The molecule has 3 heterocycles. The number of halogens is 1. The molecule has 1 aromatic carbocycles. The van der Waals surface area contributed by atoms with E-state index in [1.807, 2.05) is 17.0 Å². The highest BCUT2D eigenvalue weighted by atomic mass is 19.1.